The molecule has 1 aliphatic rings. The topological polar surface area (TPSA) is 90.3 Å². The summed E-state index contributed by atoms with van der Waals surface area (Å²) in [4.78, 5) is 21.0. The Morgan fingerprint density at radius 3 is 3.14 bits per heavy atom. The fourth-order valence-electron chi connectivity index (χ4n) is 3.11. The van der Waals surface area contributed by atoms with Crippen LogP contribution in [-0.4, -0.2) is 33.2 Å². The number of hydrogen-bond acceptors (Lipinski definition) is 6. The molecule has 3 aromatic rings. The van der Waals surface area contributed by atoms with E-state index >= 15 is 0 Å². The second-order valence-electron chi connectivity index (χ2n) is 6.48. The van der Waals surface area contributed by atoms with E-state index in [1.165, 1.54) is 11.3 Å². The van der Waals surface area contributed by atoms with Gasteiger partial charge in [0.15, 0.2) is 0 Å². The molecular weight excluding hydrogens is 378 g/mol. The lowest BCUT2D eigenvalue weighted by Crippen LogP contribution is -2.40. The van der Waals surface area contributed by atoms with Crippen molar-refractivity contribution in [2.24, 2.45) is 7.05 Å². The van der Waals surface area contributed by atoms with Crippen LogP contribution in [0.2, 0.25) is 0 Å². The molecule has 146 valence electrons. The van der Waals surface area contributed by atoms with Crippen molar-refractivity contribution in [1.82, 2.24) is 19.9 Å². The van der Waals surface area contributed by atoms with Crippen LogP contribution in [0.1, 0.15) is 24.0 Å². The Morgan fingerprint density at radius 2 is 2.36 bits per heavy atom. The fourth-order valence-corrected chi connectivity index (χ4v) is 3.65. The zero-order valence-electron chi connectivity index (χ0n) is 15.4. The number of hydrogen-bond donors (Lipinski definition) is 2. The van der Waals surface area contributed by atoms with Gasteiger partial charge in [-0.15, -0.1) is 11.3 Å². The Balaban J connectivity index is 1.34. The highest BCUT2D eigenvalue weighted by Gasteiger charge is 2.33. The number of rotatable bonds is 6. The molecule has 2 atom stereocenters. The van der Waals surface area contributed by atoms with Gasteiger partial charge in [-0.2, -0.15) is 0 Å². The van der Waals surface area contributed by atoms with Gasteiger partial charge in [0, 0.05) is 43.2 Å². The fraction of sp³-hybridized carbons (Fsp3) is 0.316. The van der Waals surface area contributed by atoms with Gasteiger partial charge in [-0.05, 0) is 18.6 Å². The lowest BCUT2D eigenvalue weighted by molar-refractivity contribution is 0.0913. The summed E-state index contributed by atoms with van der Waals surface area (Å²) >= 11 is 1.53. The predicted molar refractivity (Wildman–Crippen MR) is 105 cm³/mol. The van der Waals surface area contributed by atoms with E-state index < -0.39 is 0 Å². The average molecular weight is 399 g/mol. The van der Waals surface area contributed by atoms with E-state index in [0.29, 0.717) is 24.7 Å². The van der Waals surface area contributed by atoms with Gasteiger partial charge in [-0.25, -0.2) is 14.8 Å². The molecular formula is C19H21N5O3S. The van der Waals surface area contributed by atoms with E-state index in [2.05, 4.69) is 20.6 Å². The first-order chi connectivity index (χ1) is 13.7. The Morgan fingerprint density at radius 1 is 1.43 bits per heavy atom. The Kier molecular flexibility index (Phi) is 5.54. The monoisotopic (exact) mass is 399 g/mol. The van der Waals surface area contributed by atoms with Crippen molar-refractivity contribution in [3.8, 4) is 5.75 Å². The van der Waals surface area contributed by atoms with Gasteiger partial charge in [0.25, 0.3) is 0 Å². The lowest BCUT2D eigenvalue weighted by atomic mass is 10.1. The predicted octanol–water partition coefficient (Wildman–Crippen LogP) is 3.11. The third kappa shape index (κ3) is 4.32. The molecule has 2 N–H and O–H groups in total. The molecule has 28 heavy (non-hydrogen) atoms. The second kappa shape index (κ2) is 8.41. The number of amides is 2. The van der Waals surface area contributed by atoms with Crippen molar-refractivity contribution in [3.63, 3.8) is 0 Å². The highest BCUT2D eigenvalue weighted by atomic mass is 32.1. The number of imidazole rings is 1. The summed E-state index contributed by atoms with van der Waals surface area (Å²) in [6, 6.07) is 6.86. The number of thiazole rings is 1. The van der Waals surface area contributed by atoms with Crippen LogP contribution in [0, 0.1) is 0 Å². The molecule has 0 spiro atoms. The molecule has 1 aromatic carbocycles. The first-order valence-electron chi connectivity index (χ1n) is 8.95. The number of nitrogens with one attached hydrogen (secondary N) is 2. The van der Waals surface area contributed by atoms with Crippen LogP contribution < -0.4 is 15.4 Å². The molecule has 0 saturated carbocycles. The molecule has 0 bridgehead atoms. The van der Waals surface area contributed by atoms with E-state index in [1.807, 2.05) is 41.4 Å². The highest BCUT2D eigenvalue weighted by Crippen LogP contribution is 2.28. The van der Waals surface area contributed by atoms with Crippen molar-refractivity contribution in [3.05, 3.63) is 59.1 Å². The minimum Gasteiger partial charge on any atom is -0.487 e. The van der Waals surface area contributed by atoms with Gasteiger partial charge in [0.2, 0.25) is 0 Å². The van der Waals surface area contributed by atoms with Gasteiger partial charge in [0.05, 0.1) is 17.2 Å². The molecule has 9 heteroatoms. The van der Waals surface area contributed by atoms with Crippen molar-refractivity contribution in [2.45, 2.75) is 25.2 Å². The normalized spacial score (nSPS) is 18.8. The molecule has 2 aromatic heterocycles. The minimum atomic E-state index is -0.286. The maximum absolute atomic E-state index is 12.5. The van der Waals surface area contributed by atoms with Crippen LogP contribution in [0.25, 0.3) is 0 Å². The summed E-state index contributed by atoms with van der Waals surface area (Å²) in [5, 5.41) is 7.79. The summed E-state index contributed by atoms with van der Waals surface area (Å²) in [7, 11) is 1.91. The van der Waals surface area contributed by atoms with Crippen molar-refractivity contribution >= 4 is 23.1 Å². The van der Waals surface area contributed by atoms with E-state index in [0.717, 1.165) is 17.9 Å². The van der Waals surface area contributed by atoms with Crippen molar-refractivity contribution in [2.75, 3.05) is 11.9 Å². The SMILES string of the molecule is Cn1ccnc1[C@@H]1OCC[C@H]1NC(=O)Nc1cccc(OCc2cscn2)c1. The first kappa shape index (κ1) is 18.5. The van der Waals surface area contributed by atoms with Crippen molar-refractivity contribution < 1.29 is 14.3 Å². The molecule has 0 unspecified atom stereocenters. The smallest absolute Gasteiger partial charge is 0.319 e. The van der Waals surface area contributed by atoms with E-state index in [4.69, 9.17) is 9.47 Å². The molecule has 0 radical (unpaired) electrons. The van der Waals surface area contributed by atoms with E-state index in [9.17, 15) is 4.79 Å². The van der Waals surface area contributed by atoms with Gasteiger partial charge in [-0.3, -0.25) is 0 Å². The Bertz CT molecular complexity index is 927. The number of ether oxygens (including phenoxy) is 2. The van der Waals surface area contributed by atoms with Crippen LogP contribution in [0.3, 0.4) is 0 Å². The number of carbonyl (C=O) groups excluding carboxylic acids is 1. The molecule has 1 aliphatic heterocycles. The Labute approximate surface area is 166 Å². The highest BCUT2D eigenvalue weighted by molar-refractivity contribution is 7.07. The molecule has 3 heterocycles. The van der Waals surface area contributed by atoms with Crippen LogP contribution in [0.4, 0.5) is 10.5 Å². The number of urea groups is 1. The maximum atomic E-state index is 12.5. The third-order valence-corrected chi connectivity index (χ3v) is 5.12. The van der Waals surface area contributed by atoms with Gasteiger partial charge in [0.1, 0.15) is 24.3 Å². The third-order valence-electron chi connectivity index (χ3n) is 4.48. The first-order valence-corrected chi connectivity index (χ1v) is 9.89. The quantitative estimate of drug-likeness (QED) is 0.665. The minimum absolute atomic E-state index is 0.134. The molecule has 8 nitrogen and oxygen atoms in total. The van der Waals surface area contributed by atoms with Crippen LogP contribution in [0.15, 0.2) is 47.5 Å². The number of carbonyl (C=O) groups is 1. The van der Waals surface area contributed by atoms with Gasteiger partial charge in [-0.1, -0.05) is 6.07 Å². The lowest BCUT2D eigenvalue weighted by Gasteiger charge is -2.20. The van der Waals surface area contributed by atoms with Gasteiger partial charge < -0.3 is 24.7 Å². The molecule has 2 amide bonds. The summed E-state index contributed by atoms with van der Waals surface area (Å²) in [6.45, 7) is 0.978. The summed E-state index contributed by atoms with van der Waals surface area (Å²) < 4.78 is 13.4. The zero-order valence-corrected chi connectivity index (χ0v) is 16.2. The summed E-state index contributed by atoms with van der Waals surface area (Å²) in [5.74, 6) is 1.47. The molecule has 1 fully saturated rings. The number of nitrogens with zero attached hydrogens (tertiary/aromatic N) is 3. The maximum Gasteiger partial charge on any atom is 0.319 e. The largest absolute Gasteiger partial charge is 0.487 e. The second-order valence-corrected chi connectivity index (χ2v) is 7.20. The van der Waals surface area contributed by atoms with Crippen LogP contribution in [0.5, 0.6) is 5.75 Å². The summed E-state index contributed by atoms with van der Waals surface area (Å²) in [5.41, 5.74) is 3.30. The number of anilines is 1. The molecule has 0 aliphatic carbocycles. The standard InChI is InChI=1S/C19H21N5O3S/c1-24-7-6-20-18(24)17-16(5-8-26-17)23-19(25)22-13-3-2-4-15(9-13)27-10-14-11-28-12-21-14/h2-4,6-7,9,11-12,16-17H,5,8,10H2,1H3,(H2,22,23,25)/t16-,17-/m1/s1. The van der Waals surface area contributed by atoms with Crippen LogP contribution in [-0.2, 0) is 18.4 Å². The van der Waals surface area contributed by atoms with Crippen molar-refractivity contribution in [1.29, 1.82) is 0 Å². The zero-order chi connectivity index (χ0) is 19.3. The van der Waals surface area contributed by atoms with Crippen LogP contribution >= 0.6 is 11.3 Å². The Hall–Kier alpha value is -2.91. The average Bonchev–Trinajstić information content (AvgIpc) is 3.42. The summed E-state index contributed by atoms with van der Waals surface area (Å²) in [6.07, 6.45) is 4.08. The van der Waals surface area contributed by atoms with E-state index in [1.54, 1.807) is 17.8 Å². The number of aromatic nitrogens is 3. The van der Waals surface area contributed by atoms with Gasteiger partial charge >= 0.3 is 6.03 Å². The number of aryl methyl sites for hydroxylation is 1. The number of benzene rings is 1. The molecule has 4 rings (SSSR count). The van der Waals surface area contributed by atoms with E-state index in [-0.39, 0.29) is 18.2 Å². The molecule has 1 saturated heterocycles.